The number of benzene rings is 1. The lowest BCUT2D eigenvalue weighted by atomic mass is 10.2. The maximum atomic E-state index is 6.42. The molecule has 6 nitrogen and oxygen atoms in total. The summed E-state index contributed by atoms with van der Waals surface area (Å²) in [5.41, 5.74) is 0.923. The van der Waals surface area contributed by atoms with Crippen LogP contribution in [-0.4, -0.2) is 25.0 Å². The minimum atomic E-state index is 0.410. The van der Waals surface area contributed by atoms with Gasteiger partial charge in [0.25, 0.3) is 0 Å². The molecule has 0 saturated heterocycles. The molecule has 26 heavy (non-hydrogen) atoms. The topological polar surface area (TPSA) is 69.6 Å². The Labute approximate surface area is 161 Å². The van der Waals surface area contributed by atoms with Crippen molar-refractivity contribution in [3.8, 4) is 11.4 Å². The van der Waals surface area contributed by atoms with Crippen molar-refractivity contribution < 1.29 is 4.42 Å². The second-order valence-electron chi connectivity index (χ2n) is 6.33. The van der Waals surface area contributed by atoms with Crippen LogP contribution in [0.2, 0.25) is 5.02 Å². The van der Waals surface area contributed by atoms with Gasteiger partial charge < -0.3 is 4.42 Å². The zero-order valence-electron chi connectivity index (χ0n) is 14.6. The first-order valence-corrected chi connectivity index (χ1v) is 10.3. The summed E-state index contributed by atoms with van der Waals surface area (Å²) >= 11 is 8.00. The van der Waals surface area contributed by atoms with Gasteiger partial charge in [-0.05, 0) is 25.0 Å². The third kappa shape index (κ3) is 3.50. The Morgan fingerprint density at radius 3 is 2.62 bits per heavy atom. The van der Waals surface area contributed by atoms with Crippen molar-refractivity contribution >= 4 is 23.4 Å². The lowest BCUT2D eigenvalue weighted by Crippen LogP contribution is -2.08. The zero-order chi connectivity index (χ0) is 17.9. The van der Waals surface area contributed by atoms with E-state index in [1.54, 1.807) is 11.8 Å². The van der Waals surface area contributed by atoms with Gasteiger partial charge in [0.2, 0.25) is 11.8 Å². The van der Waals surface area contributed by atoms with E-state index in [1.807, 2.05) is 31.2 Å². The molecule has 0 spiro atoms. The van der Waals surface area contributed by atoms with Crippen molar-refractivity contribution in [3.63, 3.8) is 0 Å². The SMILES string of the molecule is CCc1nnc(CSc2nnc(-c3ccccc3Cl)n2C2CCCC2)o1. The van der Waals surface area contributed by atoms with Crippen LogP contribution in [0.3, 0.4) is 0 Å². The molecular weight excluding hydrogens is 370 g/mol. The van der Waals surface area contributed by atoms with Gasteiger partial charge in [-0.15, -0.1) is 20.4 Å². The van der Waals surface area contributed by atoms with Gasteiger partial charge in [-0.3, -0.25) is 4.57 Å². The summed E-state index contributed by atoms with van der Waals surface area (Å²) in [6, 6.07) is 8.21. The summed E-state index contributed by atoms with van der Waals surface area (Å²) in [5, 5.41) is 18.6. The fourth-order valence-corrected chi connectivity index (χ4v) is 4.37. The summed E-state index contributed by atoms with van der Waals surface area (Å²) in [7, 11) is 0. The van der Waals surface area contributed by atoms with Gasteiger partial charge >= 0.3 is 0 Å². The van der Waals surface area contributed by atoms with E-state index in [-0.39, 0.29) is 0 Å². The number of hydrogen-bond acceptors (Lipinski definition) is 6. The molecule has 1 fully saturated rings. The molecule has 0 aliphatic heterocycles. The molecular formula is C18H20ClN5OS. The number of aromatic nitrogens is 5. The van der Waals surface area contributed by atoms with E-state index in [0.717, 1.165) is 35.8 Å². The molecule has 2 heterocycles. The average molecular weight is 390 g/mol. The number of nitrogens with zero attached hydrogens (tertiary/aromatic N) is 5. The minimum Gasteiger partial charge on any atom is -0.424 e. The van der Waals surface area contributed by atoms with Crippen molar-refractivity contribution in [2.24, 2.45) is 0 Å². The van der Waals surface area contributed by atoms with E-state index >= 15 is 0 Å². The summed E-state index contributed by atoms with van der Waals surface area (Å²) in [4.78, 5) is 0. The Morgan fingerprint density at radius 2 is 1.88 bits per heavy atom. The number of aryl methyl sites for hydroxylation is 1. The largest absolute Gasteiger partial charge is 0.424 e. The molecule has 4 rings (SSSR count). The van der Waals surface area contributed by atoms with Crippen LogP contribution in [0.25, 0.3) is 11.4 Å². The van der Waals surface area contributed by atoms with E-state index in [0.29, 0.717) is 28.6 Å². The highest BCUT2D eigenvalue weighted by atomic mass is 35.5. The molecule has 1 saturated carbocycles. The standard InChI is InChI=1S/C18H20ClN5OS/c1-2-15-20-21-16(25-15)11-26-18-23-22-17(13-9-5-6-10-14(13)19)24(18)12-7-3-4-8-12/h5-6,9-10,12H,2-4,7-8,11H2,1H3. The zero-order valence-corrected chi connectivity index (χ0v) is 16.1. The van der Waals surface area contributed by atoms with Crippen molar-refractivity contribution in [1.29, 1.82) is 0 Å². The van der Waals surface area contributed by atoms with Crippen LogP contribution < -0.4 is 0 Å². The first-order valence-electron chi connectivity index (χ1n) is 8.90. The Bertz CT molecular complexity index is 887. The molecule has 1 aliphatic carbocycles. The summed E-state index contributed by atoms with van der Waals surface area (Å²) in [5.74, 6) is 2.70. The monoisotopic (exact) mass is 389 g/mol. The van der Waals surface area contributed by atoms with E-state index < -0.39 is 0 Å². The van der Waals surface area contributed by atoms with Gasteiger partial charge in [-0.2, -0.15) is 0 Å². The normalized spacial score (nSPS) is 15.0. The summed E-state index contributed by atoms with van der Waals surface area (Å²) < 4.78 is 7.85. The highest BCUT2D eigenvalue weighted by Gasteiger charge is 2.26. The van der Waals surface area contributed by atoms with E-state index in [9.17, 15) is 0 Å². The van der Waals surface area contributed by atoms with Crippen LogP contribution in [0, 0.1) is 0 Å². The summed E-state index contributed by atoms with van der Waals surface area (Å²) in [6.45, 7) is 2.00. The summed E-state index contributed by atoms with van der Waals surface area (Å²) in [6.07, 6.45) is 5.50. The predicted molar refractivity (Wildman–Crippen MR) is 101 cm³/mol. The van der Waals surface area contributed by atoms with Gasteiger partial charge in [0.1, 0.15) is 0 Å². The van der Waals surface area contributed by atoms with Gasteiger partial charge in [-0.25, -0.2) is 0 Å². The Balaban J connectivity index is 1.65. The lowest BCUT2D eigenvalue weighted by molar-refractivity contribution is 0.468. The fourth-order valence-electron chi connectivity index (χ4n) is 3.31. The maximum Gasteiger partial charge on any atom is 0.226 e. The highest BCUT2D eigenvalue weighted by molar-refractivity contribution is 7.98. The van der Waals surface area contributed by atoms with Crippen LogP contribution in [0.5, 0.6) is 0 Å². The van der Waals surface area contributed by atoms with Crippen molar-refractivity contribution in [1.82, 2.24) is 25.0 Å². The van der Waals surface area contributed by atoms with Crippen molar-refractivity contribution in [2.45, 2.75) is 56.0 Å². The first kappa shape index (κ1) is 17.5. The number of hydrogen-bond donors (Lipinski definition) is 0. The third-order valence-electron chi connectivity index (χ3n) is 4.61. The second-order valence-corrected chi connectivity index (χ2v) is 7.68. The lowest BCUT2D eigenvalue weighted by Gasteiger charge is -2.17. The molecule has 0 bridgehead atoms. The van der Waals surface area contributed by atoms with Gasteiger partial charge in [0, 0.05) is 18.0 Å². The van der Waals surface area contributed by atoms with Gasteiger partial charge in [-0.1, -0.05) is 55.3 Å². The number of rotatable bonds is 6. The third-order valence-corrected chi connectivity index (χ3v) is 5.86. The predicted octanol–water partition coefficient (Wildman–Crippen LogP) is 4.95. The molecule has 2 aromatic heterocycles. The van der Waals surface area contributed by atoms with Crippen LogP contribution in [0.4, 0.5) is 0 Å². The van der Waals surface area contributed by atoms with E-state index in [4.69, 9.17) is 16.0 Å². The molecule has 0 unspecified atom stereocenters. The van der Waals surface area contributed by atoms with Crippen molar-refractivity contribution in [3.05, 3.63) is 41.1 Å². The molecule has 136 valence electrons. The minimum absolute atomic E-state index is 0.410. The van der Waals surface area contributed by atoms with Crippen molar-refractivity contribution in [2.75, 3.05) is 0 Å². The molecule has 0 amide bonds. The van der Waals surface area contributed by atoms with E-state index in [1.165, 1.54) is 12.8 Å². The van der Waals surface area contributed by atoms with Crippen LogP contribution in [0.15, 0.2) is 33.8 Å². The van der Waals surface area contributed by atoms with Gasteiger partial charge in [0.05, 0.1) is 10.8 Å². The molecule has 8 heteroatoms. The molecule has 0 atom stereocenters. The van der Waals surface area contributed by atoms with Crippen LogP contribution >= 0.6 is 23.4 Å². The molecule has 1 aliphatic rings. The van der Waals surface area contributed by atoms with Gasteiger partial charge in [0.15, 0.2) is 11.0 Å². The molecule has 0 N–H and O–H groups in total. The molecule has 1 aromatic carbocycles. The smallest absolute Gasteiger partial charge is 0.226 e. The average Bonchev–Trinajstić information content (AvgIpc) is 3.40. The second kappa shape index (κ2) is 7.80. The first-order chi connectivity index (χ1) is 12.8. The number of thioether (sulfide) groups is 1. The quantitative estimate of drug-likeness (QED) is 0.555. The van der Waals surface area contributed by atoms with Crippen LogP contribution in [0.1, 0.15) is 50.4 Å². The Hall–Kier alpha value is -1.86. The molecule has 0 radical (unpaired) electrons. The highest BCUT2D eigenvalue weighted by Crippen LogP contribution is 2.38. The Kier molecular flexibility index (Phi) is 5.26. The van der Waals surface area contributed by atoms with Crippen LogP contribution in [-0.2, 0) is 12.2 Å². The number of halogens is 1. The molecule has 3 aromatic rings. The maximum absolute atomic E-state index is 6.42. The Morgan fingerprint density at radius 1 is 1.12 bits per heavy atom. The fraction of sp³-hybridized carbons (Fsp3) is 0.444. The van der Waals surface area contributed by atoms with E-state index in [2.05, 4.69) is 25.0 Å².